The normalized spacial score (nSPS) is 13.0. The quantitative estimate of drug-likeness (QED) is 0.553. The van der Waals surface area contributed by atoms with Gasteiger partial charge in [0.1, 0.15) is 12.4 Å². The lowest BCUT2D eigenvalue weighted by Gasteiger charge is -2.30. The number of aliphatic carboxylic acids is 1. The molecular weight excluding hydrogens is 328 g/mol. The molecule has 1 aromatic carbocycles. The Morgan fingerprint density at radius 2 is 2.04 bits per heavy atom. The lowest BCUT2D eigenvalue weighted by Crippen LogP contribution is -2.51. The highest BCUT2D eigenvalue weighted by atomic mass is 16.6. The van der Waals surface area contributed by atoms with Crippen molar-refractivity contribution in [3.05, 3.63) is 58.4 Å². The van der Waals surface area contributed by atoms with E-state index in [0.29, 0.717) is 5.56 Å². The number of amides is 1. The predicted octanol–water partition coefficient (Wildman–Crippen LogP) is 1.69. The molecule has 1 atom stereocenters. The van der Waals surface area contributed by atoms with Crippen molar-refractivity contribution in [3.63, 3.8) is 0 Å². The molecular formula is C16H18N4O5. The fourth-order valence-electron chi connectivity index (χ4n) is 2.50. The minimum absolute atomic E-state index is 0.0549. The number of benzene rings is 1. The van der Waals surface area contributed by atoms with E-state index in [9.17, 15) is 24.8 Å². The SMILES string of the molecule is CCC(NC(=O)CCn1cc([N+](=O)[O-])cn1)(C(=O)O)c1ccccc1. The summed E-state index contributed by atoms with van der Waals surface area (Å²) < 4.78 is 1.27. The summed E-state index contributed by atoms with van der Waals surface area (Å²) in [4.78, 5) is 34.1. The molecule has 1 unspecified atom stereocenters. The maximum Gasteiger partial charge on any atom is 0.334 e. The van der Waals surface area contributed by atoms with Crippen LogP contribution in [0.25, 0.3) is 0 Å². The monoisotopic (exact) mass is 346 g/mol. The van der Waals surface area contributed by atoms with Crippen LogP contribution in [0, 0.1) is 10.1 Å². The molecule has 1 amide bonds. The molecule has 25 heavy (non-hydrogen) atoms. The summed E-state index contributed by atoms with van der Waals surface area (Å²) in [6.45, 7) is 1.78. The summed E-state index contributed by atoms with van der Waals surface area (Å²) in [5.74, 6) is -1.63. The zero-order valence-electron chi connectivity index (χ0n) is 13.6. The van der Waals surface area contributed by atoms with Gasteiger partial charge in [-0.1, -0.05) is 37.3 Å². The van der Waals surface area contributed by atoms with Gasteiger partial charge in [0.15, 0.2) is 5.54 Å². The van der Waals surface area contributed by atoms with Crippen molar-refractivity contribution >= 4 is 17.6 Å². The first-order valence-corrected chi connectivity index (χ1v) is 7.66. The molecule has 1 heterocycles. The lowest BCUT2D eigenvalue weighted by atomic mass is 9.87. The van der Waals surface area contributed by atoms with E-state index in [-0.39, 0.29) is 25.1 Å². The Labute approximate surface area is 143 Å². The third kappa shape index (κ3) is 4.00. The molecule has 9 nitrogen and oxygen atoms in total. The molecule has 0 bridgehead atoms. The number of rotatable bonds is 8. The van der Waals surface area contributed by atoms with Crippen molar-refractivity contribution in [1.29, 1.82) is 0 Å². The van der Waals surface area contributed by atoms with Gasteiger partial charge in [0.25, 0.3) is 0 Å². The number of hydrogen-bond donors (Lipinski definition) is 2. The highest BCUT2D eigenvalue weighted by Crippen LogP contribution is 2.25. The molecule has 0 spiro atoms. The van der Waals surface area contributed by atoms with Crippen LogP contribution in [-0.4, -0.2) is 31.7 Å². The van der Waals surface area contributed by atoms with Crippen LogP contribution in [-0.2, 0) is 21.7 Å². The highest BCUT2D eigenvalue weighted by Gasteiger charge is 2.40. The number of nitrogens with zero attached hydrogens (tertiary/aromatic N) is 3. The zero-order valence-corrected chi connectivity index (χ0v) is 13.6. The summed E-state index contributed by atoms with van der Waals surface area (Å²) in [5.41, 5.74) is -1.21. The second-order valence-electron chi connectivity index (χ2n) is 5.45. The second kappa shape index (κ2) is 7.56. The van der Waals surface area contributed by atoms with Crippen molar-refractivity contribution in [2.24, 2.45) is 0 Å². The number of carbonyl (C=O) groups excluding carboxylic acids is 1. The van der Waals surface area contributed by atoms with Crippen LogP contribution < -0.4 is 5.32 Å². The number of aromatic nitrogens is 2. The topological polar surface area (TPSA) is 127 Å². The van der Waals surface area contributed by atoms with E-state index in [2.05, 4.69) is 10.4 Å². The third-order valence-corrected chi connectivity index (χ3v) is 3.91. The minimum Gasteiger partial charge on any atom is -0.479 e. The van der Waals surface area contributed by atoms with E-state index in [1.165, 1.54) is 10.9 Å². The fourth-order valence-corrected chi connectivity index (χ4v) is 2.50. The van der Waals surface area contributed by atoms with Gasteiger partial charge in [0, 0.05) is 13.0 Å². The van der Waals surface area contributed by atoms with Crippen LogP contribution in [0.1, 0.15) is 25.3 Å². The number of nitrogens with one attached hydrogen (secondary N) is 1. The maximum atomic E-state index is 12.3. The molecule has 0 fully saturated rings. The summed E-state index contributed by atoms with van der Waals surface area (Å²) >= 11 is 0. The van der Waals surface area contributed by atoms with Gasteiger partial charge in [-0.15, -0.1) is 0 Å². The first-order chi connectivity index (χ1) is 11.9. The van der Waals surface area contributed by atoms with Crippen LogP contribution in [0.15, 0.2) is 42.7 Å². The van der Waals surface area contributed by atoms with Crippen molar-refractivity contribution in [2.75, 3.05) is 0 Å². The summed E-state index contributed by atoms with van der Waals surface area (Å²) in [5, 5.41) is 26.7. The molecule has 0 aliphatic heterocycles. The third-order valence-electron chi connectivity index (χ3n) is 3.91. The van der Waals surface area contributed by atoms with Gasteiger partial charge < -0.3 is 10.4 Å². The molecule has 2 aromatic rings. The molecule has 2 rings (SSSR count). The first-order valence-electron chi connectivity index (χ1n) is 7.66. The van der Waals surface area contributed by atoms with Crippen LogP contribution in [0.5, 0.6) is 0 Å². The molecule has 2 N–H and O–H groups in total. The smallest absolute Gasteiger partial charge is 0.334 e. The number of carboxylic acid groups (broad SMARTS) is 1. The Morgan fingerprint density at radius 3 is 2.56 bits per heavy atom. The van der Waals surface area contributed by atoms with E-state index in [0.717, 1.165) is 6.20 Å². The number of aryl methyl sites for hydroxylation is 1. The van der Waals surface area contributed by atoms with Gasteiger partial charge in [-0.2, -0.15) is 5.10 Å². The van der Waals surface area contributed by atoms with Crippen LogP contribution in [0.2, 0.25) is 0 Å². The van der Waals surface area contributed by atoms with Crippen molar-refractivity contribution in [1.82, 2.24) is 15.1 Å². The van der Waals surface area contributed by atoms with E-state index in [4.69, 9.17) is 0 Å². The number of carboxylic acids is 1. The molecule has 0 radical (unpaired) electrons. The number of carbonyl (C=O) groups is 2. The molecule has 0 aliphatic rings. The Kier molecular flexibility index (Phi) is 5.48. The van der Waals surface area contributed by atoms with Crippen molar-refractivity contribution in [2.45, 2.75) is 31.8 Å². The average molecular weight is 346 g/mol. The van der Waals surface area contributed by atoms with Gasteiger partial charge in [0.05, 0.1) is 4.92 Å². The first kappa shape index (κ1) is 18.1. The van der Waals surface area contributed by atoms with Crippen LogP contribution >= 0.6 is 0 Å². The van der Waals surface area contributed by atoms with E-state index in [1.807, 2.05) is 0 Å². The highest BCUT2D eigenvalue weighted by molar-refractivity contribution is 5.88. The molecule has 1 aromatic heterocycles. The Hall–Kier alpha value is -3.23. The maximum absolute atomic E-state index is 12.3. The lowest BCUT2D eigenvalue weighted by molar-refractivity contribution is -0.385. The number of nitro groups is 1. The Morgan fingerprint density at radius 1 is 1.36 bits per heavy atom. The molecule has 132 valence electrons. The van der Waals surface area contributed by atoms with E-state index >= 15 is 0 Å². The standard InChI is InChI=1S/C16H18N4O5/c1-2-16(15(22)23,12-6-4-3-5-7-12)18-14(21)8-9-19-11-13(10-17-19)20(24)25/h3-7,10-11H,2,8-9H2,1H3,(H,18,21)(H,22,23). The van der Waals surface area contributed by atoms with Crippen molar-refractivity contribution in [3.8, 4) is 0 Å². The predicted molar refractivity (Wildman–Crippen MR) is 87.7 cm³/mol. The fraction of sp³-hybridized carbons (Fsp3) is 0.312. The molecule has 0 saturated carbocycles. The minimum atomic E-state index is -1.52. The Bertz CT molecular complexity index is 774. The average Bonchev–Trinajstić information content (AvgIpc) is 3.08. The summed E-state index contributed by atoms with van der Waals surface area (Å²) in [6.07, 6.45) is 2.43. The molecule has 0 saturated heterocycles. The molecule has 0 aliphatic carbocycles. The number of hydrogen-bond acceptors (Lipinski definition) is 5. The van der Waals surface area contributed by atoms with Gasteiger partial charge in [-0.3, -0.25) is 19.6 Å². The van der Waals surface area contributed by atoms with Gasteiger partial charge >= 0.3 is 11.7 Å². The van der Waals surface area contributed by atoms with E-state index in [1.54, 1.807) is 37.3 Å². The Balaban J connectivity index is 2.09. The molecule has 9 heteroatoms. The van der Waals surface area contributed by atoms with Crippen LogP contribution in [0.3, 0.4) is 0 Å². The largest absolute Gasteiger partial charge is 0.479 e. The van der Waals surface area contributed by atoms with Gasteiger partial charge in [-0.05, 0) is 12.0 Å². The summed E-state index contributed by atoms with van der Waals surface area (Å²) in [7, 11) is 0. The second-order valence-corrected chi connectivity index (χ2v) is 5.45. The van der Waals surface area contributed by atoms with Gasteiger partial charge in [0.2, 0.25) is 5.91 Å². The summed E-state index contributed by atoms with van der Waals surface area (Å²) in [6, 6.07) is 8.47. The zero-order chi connectivity index (χ0) is 18.4. The van der Waals surface area contributed by atoms with Gasteiger partial charge in [-0.25, -0.2) is 4.79 Å². The van der Waals surface area contributed by atoms with Crippen molar-refractivity contribution < 1.29 is 19.6 Å². The van der Waals surface area contributed by atoms with Crippen LogP contribution in [0.4, 0.5) is 5.69 Å². The van der Waals surface area contributed by atoms with E-state index < -0.39 is 22.3 Å².